The summed E-state index contributed by atoms with van der Waals surface area (Å²) >= 11 is 0. The van der Waals surface area contributed by atoms with E-state index in [2.05, 4.69) is 210 Å². The summed E-state index contributed by atoms with van der Waals surface area (Å²) < 4.78 is 0. The van der Waals surface area contributed by atoms with E-state index in [4.69, 9.17) is 0 Å². The third kappa shape index (κ3) is 4.84. The average molecular weight is 744 g/mol. The van der Waals surface area contributed by atoms with Crippen LogP contribution in [0.3, 0.4) is 0 Å². The molecule has 276 valence electrons. The molecule has 3 nitrogen and oxygen atoms in total. The van der Waals surface area contributed by atoms with Crippen LogP contribution in [0.4, 0.5) is 5.69 Å². The predicted octanol–water partition coefficient (Wildman–Crippen LogP) is 12.4. The van der Waals surface area contributed by atoms with E-state index in [0.717, 1.165) is 29.8 Å². The topological polar surface area (TPSA) is 36.1 Å². The molecule has 0 bridgehead atoms. The van der Waals surface area contributed by atoms with E-state index in [1.54, 1.807) is 0 Å². The van der Waals surface area contributed by atoms with Crippen LogP contribution in [0.15, 0.2) is 205 Å². The van der Waals surface area contributed by atoms with Crippen LogP contribution in [0.1, 0.15) is 40.7 Å². The Morgan fingerprint density at radius 1 is 0.552 bits per heavy atom. The first kappa shape index (κ1) is 33.2. The Balaban J connectivity index is 1.00. The molecule has 0 aromatic heterocycles. The molecule has 2 atom stereocenters. The standard InChI is InChI=1S/C55H41N3/c1-2-15-36(16-3-1)41-33-34-49-51(44-22-8-12-27-48(44)55(49)46-25-10-6-20-42(46)43-21-7-11-26-47(43)55)53(41)58-54-56-50-28-13-9-23-45(50)52(57-54)38-31-29-37(30-32-38)40-24-14-18-35-17-4-5-19-39(35)40/h1-11,13-26,28-34,50,54,56-58H,12,27H2. The number of hydrogen-bond acceptors (Lipinski definition) is 3. The summed E-state index contributed by atoms with van der Waals surface area (Å²) in [6.07, 6.45) is 15.4. The lowest BCUT2D eigenvalue weighted by Gasteiger charge is -2.37. The third-order valence-electron chi connectivity index (χ3n) is 13.1. The quantitative estimate of drug-likeness (QED) is 0.164. The van der Waals surface area contributed by atoms with Crippen molar-refractivity contribution in [3.05, 3.63) is 233 Å². The first-order valence-electron chi connectivity index (χ1n) is 20.6. The van der Waals surface area contributed by atoms with Crippen LogP contribution in [0.5, 0.6) is 0 Å². The molecule has 5 aliphatic rings. The molecule has 4 aliphatic carbocycles. The number of fused-ring (bicyclic) bond motifs is 11. The van der Waals surface area contributed by atoms with Gasteiger partial charge in [-0.1, -0.05) is 194 Å². The Labute approximate surface area is 339 Å². The van der Waals surface area contributed by atoms with E-state index in [1.807, 2.05) is 0 Å². The molecule has 1 aliphatic heterocycles. The Morgan fingerprint density at radius 2 is 1.24 bits per heavy atom. The van der Waals surface area contributed by atoms with Gasteiger partial charge in [-0.15, -0.1) is 0 Å². The Morgan fingerprint density at radius 3 is 2.07 bits per heavy atom. The van der Waals surface area contributed by atoms with Gasteiger partial charge in [0.1, 0.15) is 0 Å². The maximum Gasteiger partial charge on any atom is 0.153 e. The van der Waals surface area contributed by atoms with Gasteiger partial charge in [0.15, 0.2) is 6.29 Å². The number of hydrogen-bond donors (Lipinski definition) is 3. The molecule has 0 radical (unpaired) electrons. The lowest BCUT2D eigenvalue weighted by atomic mass is 9.68. The summed E-state index contributed by atoms with van der Waals surface area (Å²) in [6, 6.07) is 58.2. The van der Waals surface area contributed by atoms with Crippen LogP contribution in [-0.4, -0.2) is 12.3 Å². The summed E-state index contributed by atoms with van der Waals surface area (Å²) in [5.74, 6) is 0. The van der Waals surface area contributed by atoms with Crippen LogP contribution in [0.2, 0.25) is 0 Å². The van der Waals surface area contributed by atoms with Crippen molar-refractivity contribution in [3.63, 3.8) is 0 Å². The minimum atomic E-state index is -0.345. The van der Waals surface area contributed by atoms with Crippen LogP contribution < -0.4 is 16.0 Å². The summed E-state index contributed by atoms with van der Waals surface area (Å²) in [5, 5.41) is 14.6. The van der Waals surface area contributed by atoms with E-state index in [0.29, 0.717) is 0 Å². The fourth-order valence-corrected chi connectivity index (χ4v) is 10.6. The van der Waals surface area contributed by atoms with Gasteiger partial charge in [0.25, 0.3) is 0 Å². The maximum absolute atomic E-state index is 4.14. The maximum atomic E-state index is 4.14. The molecule has 3 heteroatoms. The number of rotatable bonds is 5. The highest BCUT2D eigenvalue weighted by Crippen LogP contribution is 2.65. The van der Waals surface area contributed by atoms with Gasteiger partial charge in [-0.2, -0.15) is 0 Å². The van der Waals surface area contributed by atoms with E-state index >= 15 is 0 Å². The van der Waals surface area contributed by atoms with Gasteiger partial charge in [0, 0.05) is 16.8 Å². The largest absolute Gasteiger partial charge is 0.352 e. The molecule has 0 amide bonds. The van der Waals surface area contributed by atoms with Gasteiger partial charge in [-0.05, 0) is 90.4 Å². The monoisotopic (exact) mass is 743 g/mol. The lowest BCUT2D eigenvalue weighted by Crippen LogP contribution is -2.55. The fourth-order valence-electron chi connectivity index (χ4n) is 10.6. The molecule has 58 heavy (non-hydrogen) atoms. The normalized spacial score (nSPS) is 19.1. The van der Waals surface area contributed by atoms with E-state index in [1.165, 1.54) is 83.1 Å². The van der Waals surface area contributed by atoms with Crippen molar-refractivity contribution in [2.45, 2.75) is 30.6 Å². The molecule has 1 heterocycles. The Kier molecular flexibility index (Phi) is 7.48. The molecular weight excluding hydrogens is 703 g/mol. The molecule has 2 unspecified atom stereocenters. The first-order chi connectivity index (χ1) is 28.8. The van der Waals surface area contributed by atoms with Gasteiger partial charge in [-0.25, -0.2) is 0 Å². The van der Waals surface area contributed by atoms with Crippen LogP contribution in [-0.2, 0) is 5.41 Å². The molecule has 3 N–H and O–H groups in total. The zero-order valence-corrected chi connectivity index (χ0v) is 32.0. The van der Waals surface area contributed by atoms with Crippen LogP contribution in [0, 0.1) is 0 Å². The SMILES string of the molecule is C1=CC2=C(c3ccc(-c4cccc5ccccc45)cc3)NC(Nc3c(-c4ccccc4)ccc4c3C3=C(CCC=C3)C43c4ccccc4-c4ccccc43)NC2C=C1. The van der Waals surface area contributed by atoms with Gasteiger partial charge >= 0.3 is 0 Å². The second kappa shape index (κ2) is 13.1. The highest BCUT2D eigenvalue weighted by atomic mass is 15.3. The molecule has 7 aromatic carbocycles. The number of anilines is 1. The van der Waals surface area contributed by atoms with Crippen LogP contribution in [0.25, 0.3) is 55.4 Å². The molecule has 12 rings (SSSR count). The minimum Gasteiger partial charge on any atom is -0.352 e. The molecule has 0 saturated carbocycles. The zero-order chi connectivity index (χ0) is 38.2. The second-order valence-electron chi connectivity index (χ2n) is 16.0. The number of nitrogens with one attached hydrogen (secondary N) is 3. The predicted molar refractivity (Wildman–Crippen MR) is 241 cm³/mol. The van der Waals surface area contributed by atoms with Crippen molar-refractivity contribution in [1.82, 2.24) is 10.6 Å². The van der Waals surface area contributed by atoms with E-state index < -0.39 is 0 Å². The average Bonchev–Trinajstić information content (AvgIpc) is 3.77. The van der Waals surface area contributed by atoms with Gasteiger partial charge in [0.2, 0.25) is 0 Å². The number of benzene rings is 7. The summed E-state index contributed by atoms with van der Waals surface area (Å²) in [7, 11) is 0. The van der Waals surface area contributed by atoms with Gasteiger partial charge in [-0.3, -0.25) is 5.32 Å². The van der Waals surface area contributed by atoms with Crippen molar-refractivity contribution in [2.24, 2.45) is 0 Å². The van der Waals surface area contributed by atoms with E-state index in [-0.39, 0.29) is 17.7 Å². The van der Waals surface area contributed by atoms with Gasteiger partial charge in [0.05, 0.1) is 17.1 Å². The van der Waals surface area contributed by atoms with E-state index in [9.17, 15) is 0 Å². The summed E-state index contributed by atoms with van der Waals surface area (Å²) in [6.45, 7) is 0. The molecule has 0 saturated heterocycles. The molecule has 0 fully saturated rings. The highest BCUT2D eigenvalue weighted by Gasteiger charge is 2.53. The highest BCUT2D eigenvalue weighted by molar-refractivity contribution is 6.03. The molecular formula is C55H41N3. The summed E-state index contributed by atoms with van der Waals surface area (Å²) in [4.78, 5) is 0. The second-order valence-corrected chi connectivity index (χ2v) is 16.0. The van der Waals surface area contributed by atoms with Crippen molar-refractivity contribution < 1.29 is 0 Å². The van der Waals surface area contributed by atoms with Crippen molar-refractivity contribution >= 4 is 27.7 Å². The number of allylic oxidation sites excluding steroid dienone is 6. The molecule has 7 aromatic rings. The Hall–Kier alpha value is -6.94. The minimum absolute atomic E-state index is 0.0395. The van der Waals surface area contributed by atoms with Crippen LogP contribution >= 0.6 is 0 Å². The smallest absolute Gasteiger partial charge is 0.153 e. The molecule has 1 spiro atoms. The third-order valence-corrected chi connectivity index (χ3v) is 13.1. The van der Waals surface area contributed by atoms with Crippen molar-refractivity contribution in [3.8, 4) is 33.4 Å². The van der Waals surface area contributed by atoms with Crippen molar-refractivity contribution in [2.75, 3.05) is 5.32 Å². The lowest BCUT2D eigenvalue weighted by molar-refractivity contribution is 0.485. The van der Waals surface area contributed by atoms with Gasteiger partial charge < -0.3 is 10.6 Å². The zero-order valence-electron chi connectivity index (χ0n) is 32.0. The first-order valence-corrected chi connectivity index (χ1v) is 20.6. The summed E-state index contributed by atoms with van der Waals surface area (Å²) in [5.41, 5.74) is 20.2. The Bertz CT molecular complexity index is 2930. The fraction of sp³-hybridized carbons (Fsp3) is 0.0909. The van der Waals surface area contributed by atoms with Crippen molar-refractivity contribution in [1.29, 1.82) is 0 Å².